The molecule has 4 aliphatic rings. The molecule has 4 rings (SSSR count). The van der Waals surface area contributed by atoms with Crippen LogP contribution in [0.2, 0.25) is 0 Å². The number of hydrogen-bond acceptors (Lipinski definition) is 7. The molecule has 3 fully saturated rings. The molecule has 4 aliphatic carbocycles. The number of carboxylic acids is 1. The van der Waals surface area contributed by atoms with Crippen LogP contribution in [0.1, 0.15) is 46.0 Å². The van der Waals surface area contributed by atoms with Crippen LogP contribution in [0.5, 0.6) is 0 Å². The van der Waals surface area contributed by atoms with E-state index in [9.17, 15) is 24.9 Å². The Morgan fingerprint density at radius 2 is 1.81 bits per heavy atom. The highest BCUT2D eigenvalue weighted by Crippen LogP contribution is 2.67. The first-order valence-electron chi connectivity index (χ1n) is 10.8. The van der Waals surface area contributed by atoms with Crippen LogP contribution in [0.4, 0.5) is 0 Å². The fraction of sp³-hybridized carbons (Fsp3) is 0.696. The number of carbonyl (C=O) groups excluding carboxylic acids is 2. The van der Waals surface area contributed by atoms with Gasteiger partial charge < -0.3 is 25.5 Å². The fourth-order valence-corrected chi connectivity index (χ4v) is 6.92. The third kappa shape index (κ3) is 3.59. The number of hydrogen-bond donors (Lipinski definition) is 5. The predicted molar refractivity (Wildman–Crippen MR) is 110 cm³/mol. The van der Waals surface area contributed by atoms with Crippen LogP contribution in [0, 0.1) is 28.6 Å². The Balaban J connectivity index is 0.000000491. The first-order valence-corrected chi connectivity index (χ1v) is 10.8. The summed E-state index contributed by atoms with van der Waals surface area (Å²) in [4.78, 5) is 33.3. The van der Waals surface area contributed by atoms with E-state index in [0.29, 0.717) is 12.8 Å². The molecule has 0 aromatic carbocycles. The Kier molecular flexibility index (Phi) is 6.32. The molecule has 8 heteroatoms. The number of aliphatic carboxylic acids is 1. The zero-order chi connectivity index (χ0) is 23.2. The lowest BCUT2D eigenvalue weighted by Gasteiger charge is -2.59. The third-order valence-electron chi connectivity index (χ3n) is 8.39. The summed E-state index contributed by atoms with van der Waals surface area (Å²) in [6, 6.07) is 0. The van der Waals surface area contributed by atoms with Gasteiger partial charge in [-0.3, -0.25) is 9.59 Å². The van der Waals surface area contributed by atoms with E-state index in [1.165, 1.54) is 0 Å². The number of fused-ring (bicyclic) bond motifs is 5. The van der Waals surface area contributed by atoms with Crippen molar-refractivity contribution in [3.63, 3.8) is 0 Å². The summed E-state index contributed by atoms with van der Waals surface area (Å²) >= 11 is 0. The maximum absolute atomic E-state index is 12.4. The smallest absolute Gasteiger partial charge is 0.329 e. The van der Waals surface area contributed by atoms with Crippen LogP contribution in [0.3, 0.4) is 0 Å². The lowest BCUT2D eigenvalue weighted by atomic mass is 9.46. The highest BCUT2D eigenvalue weighted by atomic mass is 16.4. The van der Waals surface area contributed by atoms with E-state index in [-0.39, 0.29) is 29.0 Å². The second kappa shape index (κ2) is 8.24. The summed E-state index contributed by atoms with van der Waals surface area (Å²) in [6.07, 6.45) is 7.68. The van der Waals surface area contributed by atoms with Gasteiger partial charge in [0.15, 0.2) is 11.6 Å². The van der Waals surface area contributed by atoms with Crippen molar-refractivity contribution in [2.75, 3.05) is 13.2 Å². The Hall–Kier alpha value is -1.87. The van der Waals surface area contributed by atoms with Gasteiger partial charge in [0.1, 0.15) is 18.8 Å². The molecular weight excluding hydrogens is 404 g/mol. The van der Waals surface area contributed by atoms with Gasteiger partial charge >= 0.3 is 5.97 Å². The fourth-order valence-electron chi connectivity index (χ4n) is 6.92. The molecule has 0 spiro atoms. The number of Topliss-reactive ketones (excluding diaryl/α,β-unsaturated/α-hetero) is 1. The average Bonchev–Trinajstić information content (AvgIpc) is 2.99. The summed E-state index contributed by atoms with van der Waals surface area (Å²) in [5.41, 5.74) is -1.54. The molecule has 3 saturated carbocycles. The van der Waals surface area contributed by atoms with Crippen molar-refractivity contribution in [3.05, 3.63) is 23.8 Å². The molecule has 0 aromatic rings. The maximum atomic E-state index is 12.4. The number of aliphatic hydroxyl groups is 4. The second-order valence-corrected chi connectivity index (χ2v) is 9.74. The zero-order valence-electron chi connectivity index (χ0n) is 18.0. The van der Waals surface area contributed by atoms with Gasteiger partial charge in [0, 0.05) is 16.7 Å². The van der Waals surface area contributed by atoms with Crippen molar-refractivity contribution >= 4 is 17.5 Å². The van der Waals surface area contributed by atoms with Gasteiger partial charge in [-0.05, 0) is 56.1 Å². The highest BCUT2D eigenvalue weighted by Gasteiger charge is 2.67. The van der Waals surface area contributed by atoms with E-state index in [1.807, 2.05) is 13.0 Å². The van der Waals surface area contributed by atoms with Crippen molar-refractivity contribution in [3.8, 4) is 0 Å². The second-order valence-electron chi connectivity index (χ2n) is 9.74. The van der Waals surface area contributed by atoms with Crippen LogP contribution < -0.4 is 0 Å². The van der Waals surface area contributed by atoms with E-state index in [1.54, 1.807) is 12.2 Å². The van der Waals surface area contributed by atoms with Crippen molar-refractivity contribution in [2.24, 2.45) is 28.6 Å². The summed E-state index contributed by atoms with van der Waals surface area (Å²) in [5.74, 6) is -1.42. The molecule has 0 radical (unpaired) electrons. The standard InChI is InChI=1S/C21H28O5.C2H4O3/c1-19-7-5-13(23)9-12(19)3-4-14-15-6-8-21(26,17(25)11-22)20(15,2)10-16(24)18(14)19;3-1-2(4)5/h5,7,9,14-16,18,22,24,26H,3-4,6,8,10-11H2,1-2H3;3H,1H2,(H,4,5)/t14-,15-,16-,18+,19-,20-,21-;/m0./s1. The third-order valence-corrected chi connectivity index (χ3v) is 8.39. The van der Waals surface area contributed by atoms with Crippen LogP contribution in [-0.4, -0.2) is 68.0 Å². The zero-order valence-corrected chi connectivity index (χ0v) is 18.0. The molecule has 5 N–H and O–H groups in total. The van der Waals surface area contributed by atoms with Crippen LogP contribution in [0.15, 0.2) is 23.8 Å². The highest BCUT2D eigenvalue weighted by molar-refractivity contribution is 6.01. The first kappa shape index (κ1) is 23.8. The van der Waals surface area contributed by atoms with Gasteiger partial charge in [-0.15, -0.1) is 0 Å². The van der Waals surface area contributed by atoms with E-state index >= 15 is 0 Å². The Morgan fingerprint density at radius 1 is 1.16 bits per heavy atom. The number of allylic oxidation sites excluding steroid dienone is 4. The van der Waals surface area contributed by atoms with Crippen LogP contribution in [0.25, 0.3) is 0 Å². The van der Waals surface area contributed by atoms with Gasteiger partial charge in [-0.2, -0.15) is 0 Å². The minimum absolute atomic E-state index is 0.00912. The van der Waals surface area contributed by atoms with Gasteiger partial charge in [-0.25, -0.2) is 4.79 Å². The van der Waals surface area contributed by atoms with Gasteiger partial charge in [0.25, 0.3) is 0 Å². The van der Waals surface area contributed by atoms with Gasteiger partial charge in [-0.1, -0.05) is 25.5 Å². The summed E-state index contributed by atoms with van der Waals surface area (Å²) < 4.78 is 0. The Labute approximate surface area is 181 Å². The summed E-state index contributed by atoms with van der Waals surface area (Å²) in [7, 11) is 0. The molecule has 8 nitrogen and oxygen atoms in total. The van der Waals surface area contributed by atoms with E-state index in [2.05, 4.69) is 6.92 Å². The van der Waals surface area contributed by atoms with Crippen molar-refractivity contribution in [1.29, 1.82) is 0 Å². The lowest BCUT2D eigenvalue weighted by Crippen LogP contribution is -2.61. The minimum Gasteiger partial charge on any atom is -0.480 e. The predicted octanol–water partition coefficient (Wildman–Crippen LogP) is 0.621. The van der Waals surface area contributed by atoms with E-state index in [4.69, 9.17) is 15.0 Å². The molecule has 0 aromatic heterocycles. The van der Waals surface area contributed by atoms with Crippen molar-refractivity contribution in [2.45, 2.75) is 57.7 Å². The maximum Gasteiger partial charge on any atom is 0.329 e. The van der Waals surface area contributed by atoms with Crippen LogP contribution in [-0.2, 0) is 14.4 Å². The molecule has 0 amide bonds. The Bertz CT molecular complexity index is 831. The first-order chi connectivity index (χ1) is 14.4. The average molecular weight is 437 g/mol. The molecule has 0 heterocycles. The molecule has 0 bridgehead atoms. The number of ketones is 2. The van der Waals surface area contributed by atoms with E-state index < -0.39 is 42.1 Å². The van der Waals surface area contributed by atoms with Gasteiger partial charge in [0.2, 0.25) is 0 Å². The number of carboxylic acid groups (broad SMARTS) is 1. The topological polar surface area (TPSA) is 152 Å². The normalized spacial score (nSPS) is 43.0. The van der Waals surface area contributed by atoms with Crippen LogP contribution >= 0.6 is 0 Å². The van der Waals surface area contributed by atoms with E-state index in [0.717, 1.165) is 24.8 Å². The number of carbonyl (C=O) groups is 3. The molecule has 0 aliphatic heterocycles. The lowest BCUT2D eigenvalue weighted by molar-refractivity contribution is -0.178. The van der Waals surface area contributed by atoms with Gasteiger partial charge in [0.05, 0.1) is 6.10 Å². The summed E-state index contributed by atoms with van der Waals surface area (Å²) in [5, 5.41) is 46.7. The largest absolute Gasteiger partial charge is 0.480 e. The molecule has 7 atom stereocenters. The Morgan fingerprint density at radius 3 is 2.39 bits per heavy atom. The quantitative estimate of drug-likeness (QED) is 0.432. The molecule has 0 saturated heterocycles. The monoisotopic (exact) mass is 436 g/mol. The van der Waals surface area contributed by atoms with Crippen molar-refractivity contribution in [1.82, 2.24) is 0 Å². The summed E-state index contributed by atoms with van der Waals surface area (Å²) in [6.45, 7) is 2.56. The number of rotatable bonds is 3. The molecule has 0 unspecified atom stereocenters. The minimum atomic E-state index is -1.56. The molecule has 172 valence electrons. The SMILES string of the molecule is C[C@]12C=CC(=O)C=C1CC[C@@H]1[C@@H]2[C@@H](O)C[C@@]2(C)[C@H]1CC[C@]2(O)C(=O)CO.O=C(O)CO. The van der Waals surface area contributed by atoms with Crippen molar-refractivity contribution < 1.29 is 39.9 Å². The molecule has 31 heavy (non-hydrogen) atoms. The number of aliphatic hydroxyl groups excluding tert-OH is 3. The molecular formula is C23H32O8.